The van der Waals surface area contributed by atoms with Crippen LogP contribution in [0.15, 0.2) is 51.7 Å². The smallest absolute Gasteiger partial charge is 0.368 e. The summed E-state index contributed by atoms with van der Waals surface area (Å²) >= 11 is 0. The van der Waals surface area contributed by atoms with Gasteiger partial charge in [-0.15, -0.1) is 0 Å². The molecule has 110 valence electrons. The van der Waals surface area contributed by atoms with Crippen LogP contribution in [0.5, 0.6) is 0 Å². The zero-order chi connectivity index (χ0) is 15.7. The first-order valence-electron chi connectivity index (χ1n) is 6.36. The van der Waals surface area contributed by atoms with Gasteiger partial charge in [-0.3, -0.25) is 10.1 Å². The second kappa shape index (κ2) is 5.28. The quantitative estimate of drug-likeness (QED) is 0.376. The van der Waals surface area contributed by atoms with Crippen LogP contribution in [-0.2, 0) is 9.63 Å². The first-order chi connectivity index (χ1) is 10.6. The van der Waals surface area contributed by atoms with Crippen LogP contribution in [0.3, 0.4) is 0 Å². The van der Waals surface area contributed by atoms with Crippen molar-refractivity contribution in [2.45, 2.75) is 6.92 Å². The molecule has 2 heterocycles. The van der Waals surface area contributed by atoms with Gasteiger partial charge in [-0.1, -0.05) is 17.3 Å². The Morgan fingerprint density at radius 3 is 2.82 bits per heavy atom. The molecular weight excluding hydrogens is 288 g/mol. The average molecular weight is 298 g/mol. The number of rotatable bonds is 3. The van der Waals surface area contributed by atoms with Gasteiger partial charge in [0.1, 0.15) is 11.5 Å². The van der Waals surface area contributed by atoms with E-state index in [1.165, 1.54) is 18.4 Å². The summed E-state index contributed by atoms with van der Waals surface area (Å²) in [6, 6.07) is 7.97. The molecule has 0 fully saturated rings. The third kappa shape index (κ3) is 2.39. The Labute approximate surface area is 124 Å². The highest BCUT2D eigenvalue weighted by molar-refractivity contribution is 6.31. The summed E-state index contributed by atoms with van der Waals surface area (Å²) in [6.07, 6.45) is 2.96. The number of nitrogens with zero attached hydrogens (tertiary/aromatic N) is 2. The van der Waals surface area contributed by atoms with Crippen molar-refractivity contribution in [2.75, 3.05) is 0 Å². The lowest BCUT2D eigenvalue weighted by Gasteiger charge is -2.02. The van der Waals surface area contributed by atoms with E-state index >= 15 is 0 Å². The Kier molecular flexibility index (Phi) is 3.30. The number of carbonyl (C=O) groups excluding carboxylic acids is 1. The number of oxime groups is 1. The fourth-order valence-corrected chi connectivity index (χ4v) is 2.09. The van der Waals surface area contributed by atoms with Crippen LogP contribution in [0, 0.1) is 17.0 Å². The SMILES string of the molecule is Cc1ccc(C2=NOC(=O)C2=Cc2ccco2)cc1[N+](=O)[O-]. The van der Waals surface area contributed by atoms with Crippen molar-refractivity contribution in [3.8, 4) is 0 Å². The first kappa shape index (κ1) is 13.7. The lowest BCUT2D eigenvalue weighted by Crippen LogP contribution is -2.07. The number of aryl methyl sites for hydroxylation is 1. The monoisotopic (exact) mass is 298 g/mol. The van der Waals surface area contributed by atoms with Gasteiger partial charge in [0.15, 0.2) is 0 Å². The molecule has 7 heteroatoms. The van der Waals surface area contributed by atoms with Gasteiger partial charge in [0, 0.05) is 17.2 Å². The first-order valence-corrected chi connectivity index (χ1v) is 6.36. The summed E-state index contributed by atoms with van der Waals surface area (Å²) in [5.74, 6) is -0.169. The zero-order valence-electron chi connectivity index (χ0n) is 11.5. The van der Waals surface area contributed by atoms with Crippen molar-refractivity contribution in [1.29, 1.82) is 0 Å². The summed E-state index contributed by atoms with van der Waals surface area (Å²) in [5.41, 5.74) is 1.34. The average Bonchev–Trinajstić information content (AvgIpc) is 3.11. The van der Waals surface area contributed by atoms with Crippen LogP contribution in [-0.4, -0.2) is 16.6 Å². The van der Waals surface area contributed by atoms with Crippen molar-refractivity contribution in [3.05, 3.63) is 69.2 Å². The van der Waals surface area contributed by atoms with Gasteiger partial charge >= 0.3 is 5.97 Å². The summed E-state index contributed by atoms with van der Waals surface area (Å²) in [5, 5.41) is 14.7. The minimum Gasteiger partial charge on any atom is -0.465 e. The van der Waals surface area contributed by atoms with Gasteiger partial charge in [-0.25, -0.2) is 4.79 Å². The van der Waals surface area contributed by atoms with Gasteiger partial charge in [-0.05, 0) is 25.1 Å². The Morgan fingerprint density at radius 1 is 1.32 bits per heavy atom. The van der Waals surface area contributed by atoms with Gasteiger partial charge in [0.05, 0.1) is 16.8 Å². The maximum atomic E-state index is 11.8. The molecule has 0 aliphatic carbocycles. The molecule has 0 atom stereocenters. The third-order valence-corrected chi connectivity index (χ3v) is 3.20. The third-order valence-electron chi connectivity index (χ3n) is 3.20. The standard InChI is InChI=1S/C15H10N2O5/c1-9-4-5-10(7-13(9)17(19)20)14-12(15(18)22-16-14)8-11-3-2-6-21-11/h2-8H,1H3. The molecule has 0 N–H and O–H groups in total. The van der Waals surface area contributed by atoms with E-state index in [0.717, 1.165) is 0 Å². The van der Waals surface area contributed by atoms with Crippen LogP contribution in [0.4, 0.5) is 5.69 Å². The van der Waals surface area contributed by atoms with E-state index < -0.39 is 10.9 Å². The number of hydrogen-bond donors (Lipinski definition) is 0. The molecule has 22 heavy (non-hydrogen) atoms. The highest BCUT2D eigenvalue weighted by Gasteiger charge is 2.28. The minimum atomic E-state index is -0.630. The largest absolute Gasteiger partial charge is 0.465 e. The molecule has 0 spiro atoms. The molecule has 1 aromatic carbocycles. The summed E-state index contributed by atoms with van der Waals surface area (Å²) in [7, 11) is 0. The molecule has 7 nitrogen and oxygen atoms in total. The normalized spacial score (nSPS) is 15.8. The van der Waals surface area contributed by atoms with E-state index in [0.29, 0.717) is 16.9 Å². The number of hydrogen-bond acceptors (Lipinski definition) is 6. The van der Waals surface area contributed by atoms with Crippen LogP contribution < -0.4 is 0 Å². The number of nitro groups is 1. The van der Waals surface area contributed by atoms with Gasteiger partial charge in [0.2, 0.25) is 0 Å². The highest BCUT2D eigenvalue weighted by Crippen LogP contribution is 2.25. The van der Waals surface area contributed by atoms with Crippen molar-refractivity contribution >= 4 is 23.4 Å². The zero-order valence-corrected chi connectivity index (χ0v) is 11.5. The second-order valence-electron chi connectivity index (χ2n) is 4.65. The number of furan rings is 1. The van der Waals surface area contributed by atoms with E-state index in [4.69, 9.17) is 4.42 Å². The summed E-state index contributed by atoms with van der Waals surface area (Å²) in [6.45, 7) is 1.64. The molecule has 1 aliphatic heterocycles. The van der Waals surface area contributed by atoms with Crippen LogP contribution >= 0.6 is 0 Å². The second-order valence-corrected chi connectivity index (χ2v) is 4.65. The van der Waals surface area contributed by atoms with Gasteiger partial charge in [0.25, 0.3) is 5.69 Å². The molecule has 1 aromatic heterocycles. The highest BCUT2D eigenvalue weighted by atomic mass is 16.7. The Morgan fingerprint density at radius 2 is 2.14 bits per heavy atom. The fourth-order valence-electron chi connectivity index (χ4n) is 2.09. The maximum absolute atomic E-state index is 11.8. The molecule has 3 rings (SSSR count). The predicted molar refractivity (Wildman–Crippen MR) is 77.1 cm³/mol. The lowest BCUT2D eigenvalue weighted by atomic mass is 10.00. The van der Waals surface area contributed by atoms with Crippen LogP contribution in [0.1, 0.15) is 16.9 Å². The van der Waals surface area contributed by atoms with E-state index in [1.807, 2.05) is 0 Å². The van der Waals surface area contributed by atoms with E-state index in [-0.39, 0.29) is 17.0 Å². The van der Waals surface area contributed by atoms with Crippen molar-refractivity contribution in [3.63, 3.8) is 0 Å². The number of carbonyl (C=O) groups is 1. The van der Waals surface area contributed by atoms with Gasteiger partial charge < -0.3 is 9.25 Å². The van der Waals surface area contributed by atoms with Crippen LogP contribution in [0.25, 0.3) is 6.08 Å². The number of nitro benzene ring substituents is 1. The molecule has 0 saturated heterocycles. The summed E-state index contributed by atoms with van der Waals surface area (Å²) in [4.78, 5) is 27.0. The Hall–Kier alpha value is -3.22. The Bertz CT molecular complexity index is 818. The topological polar surface area (TPSA) is 94.9 Å². The molecular formula is C15H10N2O5. The van der Waals surface area contributed by atoms with E-state index in [1.54, 1.807) is 31.2 Å². The predicted octanol–water partition coefficient (Wildman–Crippen LogP) is 2.84. The van der Waals surface area contributed by atoms with Crippen molar-refractivity contribution < 1.29 is 19.0 Å². The van der Waals surface area contributed by atoms with E-state index in [2.05, 4.69) is 9.99 Å². The van der Waals surface area contributed by atoms with Gasteiger partial charge in [-0.2, -0.15) is 0 Å². The van der Waals surface area contributed by atoms with Crippen LogP contribution in [0.2, 0.25) is 0 Å². The number of benzene rings is 1. The van der Waals surface area contributed by atoms with E-state index in [9.17, 15) is 14.9 Å². The van der Waals surface area contributed by atoms with Crippen molar-refractivity contribution in [1.82, 2.24) is 0 Å². The maximum Gasteiger partial charge on any atom is 0.368 e. The molecule has 0 saturated carbocycles. The van der Waals surface area contributed by atoms with Crippen molar-refractivity contribution in [2.24, 2.45) is 5.16 Å². The molecule has 0 radical (unpaired) electrons. The fraction of sp³-hybridized carbons (Fsp3) is 0.0667. The minimum absolute atomic E-state index is 0.0445. The molecule has 2 aromatic rings. The molecule has 0 amide bonds. The molecule has 0 unspecified atom stereocenters. The Balaban J connectivity index is 2.06. The molecule has 1 aliphatic rings. The summed E-state index contributed by atoms with van der Waals surface area (Å²) < 4.78 is 5.16. The lowest BCUT2D eigenvalue weighted by molar-refractivity contribution is -0.385. The molecule has 0 bridgehead atoms.